The van der Waals surface area contributed by atoms with E-state index in [0.717, 1.165) is 0 Å². The molecule has 0 unspecified atom stereocenters. The zero-order chi connectivity index (χ0) is 14.9. The number of amides is 1. The molecular formula is C12H19N5O3. The van der Waals surface area contributed by atoms with Crippen LogP contribution >= 0.6 is 0 Å². The van der Waals surface area contributed by atoms with E-state index in [1.165, 1.54) is 6.92 Å². The average molecular weight is 281 g/mol. The summed E-state index contributed by atoms with van der Waals surface area (Å²) >= 11 is 0. The van der Waals surface area contributed by atoms with Crippen LogP contribution in [0.15, 0.2) is 0 Å². The average Bonchev–Trinajstić information content (AvgIpc) is 2.75. The van der Waals surface area contributed by atoms with Crippen LogP contribution in [0.2, 0.25) is 0 Å². The van der Waals surface area contributed by atoms with Gasteiger partial charge in [-0.2, -0.15) is 5.10 Å². The quantitative estimate of drug-likeness (QED) is 0.597. The minimum atomic E-state index is -0.363. The van der Waals surface area contributed by atoms with Crippen molar-refractivity contribution in [2.24, 2.45) is 7.05 Å². The first-order valence-corrected chi connectivity index (χ1v) is 6.66. The van der Waals surface area contributed by atoms with Gasteiger partial charge in [-0.1, -0.05) is 6.92 Å². The number of nitro groups is 1. The molecule has 2 rings (SSSR count). The third-order valence-corrected chi connectivity index (χ3v) is 3.60. The molecule has 1 aromatic heterocycles. The van der Waals surface area contributed by atoms with Crippen LogP contribution in [0.1, 0.15) is 19.5 Å². The van der Waals surface area contributed by atoms with Gasteiger partial charge in [0.1, 0.15) is 5.69 Å². The van der Waals surface area contributed by atoms with Gasteiger partial charge < -0.3 is 9.80 Å². The molecule has 0 N–H and O–H groups in total. The molecule has 1 aliphatic rings. The number of anilines is 1. The number of aromatic nitrogens is 2. The van der Waals surface area contributed by atoms with Crippen molar-refractivity contribution in [3.63, 3.8) is 0 Å². The van der Waals surface area contributed by atoms with Crippen molar-refractivity contribution in [2.45, 2.75) is 20.3 Å². The lowest BCUT2D eigenvalue weighted by atomic mass is 10.2. The third kappa shape index (κ3) is 2.45. The molecule has 0 spiro atoms. The number of rotatable bonds is 3. The Morgan fingerprint density at radius 2 is 1.95 bits per heavy atom. The summed E-state index contributed by atoms with van der Waals surface area (Å²) in [4.78, 5) is 25.9. The molecule has 1 aliphatic heterocycles. The van der Waals surface area contributed by atoms with Gasteiger partial charge in [0.15, 0.2) is 0 Å². The number of nitrogens with zero attached hydrogens (tertiary/aromatic N) is 5. The summed E-state index contributed by atoms with van der Waals surface area (Å²) in [6, 6.07) is 0. The van der Waals surface area contributed by atoms with E-state index in [0.29, 0.717) is 44.1 Å². The van der Waals surface area contributed by atoms with E-state index in [9.17, 15) is 14.9 Å². The molecule has 0 atom stereocenters. The van der Waals surface area contributed by atoms with E-state index in [4.69, 9.17) is 0 Å². The Morgan fingerprint density at radius 1 is 1.35 bits per heavy atom. The van der Waals surface area contributed by atoms with Crippen LogP contribution < -0.4 is 4.90 Å². The second-order valence-corrected chi connectivity index (χ2v) is 4.85. The smallest absolute Gasteiger partial charge is 0.334 e. The molecule has 20 heavy (non-hydrogen) atoms. The Hall–Kier alpha value is -2.12. The molecule has 110 valence electrons. The molecule has 1 aromatic rings. The number of carbonyl (C=O) groups excluding carboxylic acids is 1. The molecule has 1 fully saturated rings. The van der Waals surface area contributed by atoms with Crippen molar-refractivity contribution in [3.05, 3.63) is 15.8 Å². The molecule has 0 saturated carbocycles. The van der Waals surface area contributed by atoms with Crippen LogP contribution in [0.3, 0.4) is 0 Å². The normalized spacial score (nSPS) is 15.6. The highest BCUT2D eigenvalue weighted by Gasteiger charge is 2.31. The summed E-state index contributed by atoms with van der Waals surface area (Å²) in [5, 5.41) is 15.5. The summed E-state index contributed by atoms with van der Waals surface area (Å²) in [5.74, 6) is 0.577. The fourth-order valence-corrected chi connectivity index (χ4v) is 2.57. The van der Waals surface area contributed by atoms with E-state index in [1.54, 1.807) is 16.6 Å². The van der Waals surface area contributed by atoms with Gasteiger partial charge in [0.2, 0.25) is 11.7 Å². The predicted molar refractivity (Wildman–Crippen MR) is 73.7 cm³/mol. The Bertz CT molecular complexity index is 531. The topological polar surface area (TPSA) is 84.5 Å². The second-order valence-electron chi connectivity index (χ2n) is 4.85. The van der Waals surface area contributed by atoms with Gasteiger partial charge in [-0.3, -0.25) is 14.9 Å². The summed E-state index contributed by atoms with van der Waals surface area (Å²) in [5.41, 5.74) is 0.591. The number of hydrogen-bond donors (Lipinski definition) is 0. The van der Waals surface area contributed by atoms with Gasteiger partial charge in [-0.25, -0.2) is 4.68 Å². The zero-order valence-corrected chi connectivity index (χ0v) is 12.0. The maximum Gasteiger partial charge on any atom is 0.334 e. The highest BCUT2D eigenvalue weighted by atomic mass is 16.6. The first kappa shape index (κ1) is 14.3. The Morgan fingerprint density at radius 3 is 2.40 bits per heavy atom. The van der Waals surface area contributed by atoms with Crippen LogP contribution in [-0.4, -0.2) is 51.7 Å². The lowest BCUT2D eigenvalue weighted by molar-refractivity contribution is -0.384. The molecule has 2 heterocycles. The van der Waals surface area contributed by atoms with Gasteiger partial charge >= 0.3 is 5.69 Å². The number of hydrogen-bond acceptors (Lipinski definition) is 5. The zero-order valence-electron chi connectivity index (χ0n) is 12.0. The SMILES string of the molecule is CCc1nn(C)c(N2CCN(C(C)=O)CC2)c1[N+](=O)[O-]. The van der Waals surface area contributed by atoms with Gasteiger partial charge in [0.25, 0.3) is 0 Å². The lowest BCUT2D eigenvalue weighted by Gasteiger charge is -2.34. The van der Waals surface area contributed by atoms with E-state index in [-0.39, 0.29) is 16.5 Å². The minimum Gasteiger partial charge on any atom is -0.348 e. The van der Waals surface area contributed by atoms with Crippen molar-refractivity contribution >= 4 is 17.4 Å². The molecule has 8 heteroatoms. The number of aryl methyl sites for hydroxylation is 2. The largest absolute Gasteiger partial charge is 0.348 e. The molecular weight excluding hydrogens is 262 g/mol. The molecule has 1 saturated heterocycles. The Balaban J connectivity index is 2.28. The van der Waals surface area contributed by atoms with Gasteiger partial charge in [-0.05, 0) is 6.42 Å². The van der Waals surface area contributed by atoms with Crippen LogP contribution in [0.5, 0.6) is 0 Å². The second kappa shape index (κ2) is 5.48. The van der Waals surface area contributed by atoms with Crippen LogP contribution in [0.4, 0.5) is 11.5 Å². The van der Waals surface area contributed by atoms with E-state index in [1.807, 2.05) is 11.8 Å². The molecule has 1 amide bonds. The molecule has 8 nitrogen and oxygen atoms in total. The third-order valence-electron chi connectivity index (χ3n) is 3.60. The fraction of sp³-hybridized carbons (Fsp3) is 0.667. The highest BCUT2D eigenvalue weighted by molar-refractivity contribution is 5.73. The highest BCUT2D eigenvalue weighted by Crippen LogP contribution is 2.32. The van der Waals surface area contributed by atoms with E-state index >= 15 is 0 Å². The van der Waals surface area contributed by atoms with Crippen LogP contribution in [0, 0.1) is 10.1 Å². The Labute approximate surface area is 117 Å². The standard InChI is InChI=1S/C12H19N5O3/c1-4-10-11(17(19)20)12(14(3)13-10)16-7-5-15(6-8-16)9(2)18/h4-8H2,1-3H3. The molecule has 0 bridgehead atoms. The molecule has 0 aliphatic carbocycles. The van der Waals surface area contributed by atoms with E-state index in [2.05, 4.69) is 5.10 Å². The molecule has 0 radical (unpaired) electrons. The van der Waals surface area contributed by atoms with Crippen molar-refractivity contribution in [1.29, 1.82) is 0 Å². The van der Waals surface area contributed by atoms with Crippen LogP contribution in [0.25, 0.3) is 0 Å². The number of piperazine rings is 1. The van der Waals surface area contributed by atoms with Crippen molar-refractivity contribution in [2.75, 3.05) is 31.1 Å². The first-order chi connectivity index (χ1) is 9.45. The van der Waals surface area contributed by atoms with Crippen molar-refractivity contribution in [1.82, 2.24) is 14.7 Å². The fourth-order valence-electron chi connectivity index (χ4n) is 2.57. The maximum absolute atomic E-state index is 11.3. The van der Waals surface area contributed by atoms with E-state index < -0.39 is 0 Å². The van der Waals surface area contributed by atoms with Crippen molar-refractivity contribution in [3.8, 4) is 0 Å². The minimum absolute atomic E-state index is 0.0402. The monoisotopic (exact) mass is 281 g/mol. The summed E-state index contributed by atoms with van der Waals surface area (Å²) in [7, 11) is 1.72. The molecule has 0 aromatic carbocycles. The summed E-state index contributed by atoms with van der Waals surface area (Å²) < 4.78 is 1.57. The van der Waals surface area contributed by atoms with Crippen molar-refractivity contribution < 1.29 is 9.72 Å². The Kier molecular flexibility index (Phi) is 3.91. The van der Waals surface area contributed by atoms with Gasteiger partial charge in [-0.15, -0.1) is 0 Å². The predicted octanol–water partition coefficient (Wildman–Crippen LogP) is 0.559. The summed E-state index contributed by atoms with van der Waals surface area (Å²) in [6.45, 7) is 5.73. The van der Waals surface area contributed by atoms with Gasteiger partial charge in [0, 0.05) is 40.2 Å². The first-order valence-electron chi connectivity index (χ1n) is 6.66. The lowest BCUT2D eigenvalue weighted by Crippen LogP contribution is -2.48. The van der Waals surface area contributed by atoms with Gasteiger partial charge in [0.05, 0.1) is 4.92 Å². The number of carbonyl (C=O) groups is 1. The summed E-state index contributed by atoms with van der Waals surface area (Å²) in [6.07, 6.45) is 0.525. The van der Waals surface area contributed by atoms with Crippen LogP contribution in [-0.2, 0) is 18.3 Å². The maximum atomic E-state index is 11.3.